The molecule has 0 heterocycles. The van der Waals surface area contributed by atoms with Crippen molar-refractivity contribution >= 4 is 21.8 Å². The van der Waals surface area contributed by atoms with Crippen LogP contribution in [0.2, 0.25) is 0 Å². The third-order valence-corrected chi connectivity index (χ3v) is 6.61. The van der Waals surface area contributed by atoms with Gasteiger partial charge in [0.2, 0.25) is 21.8 Å². The zero-order chi connectivity index (χ0) is 24.4. The molecule has 9 heteroatoms. The Kier molecular flexibility index (Phi) is 9.74. The van der Waals surface area contributed by atoms with Crippen LogP contribution in [0.15, 0.2) is 66.1 Å². The summed E-state index contributed by atoms with van der Waals surface area (Å²) in [6.45, 7) is 7.64. The van der Waals surface area contributed by atoms with Gasteiger partial charge in [-0.2, -0.15) is 0 Å². The monoisotopic (exact) mass is 475 g/mol. The molecular weight excluding hydrogens is 445 g/mol. The molecule has 2 aromatic carbocycles. The minimum Gasteiger partial charge on any atom is -0.351 e. The van der Waals surface area contributed by atoms with Gasteiger partial charge in [-0.1, -0.05) is 37.3 Å². The third-order valence-electron chi connectivity index (χ3n) is 5.05. The Morgan fingerprint density at radius 3 is 2.27 bits per heavy atom. The predicted octanol–water partition coefficient (Wildman–Crippen LogP) is 2.78. The first-order chi connectivity index (χ1) is 15.7. The summed E-state index contributed by atoms with van der Waals surface area (Å²) in [6.07, 6.45) is 2.05. The summed E-state index contributed by atoms with van der Waals surface area (Å²) in [7, 11) is -3.54. The first-order valence-corrected chi connectivity index (χ1v) is 12.2. The highest BCUT2D eigenvalue weighted by Crippen LogP contribution is 2.15. The molecule has 0 spiro atoms. The van der Waals surface area contributed by atoms with E-state index < -0.39 is 16.1 Å². The van der Waals surface area contributed by atoms with Crippen molar-refractivity contribution in [2.45, 2.75) is 44.2 Å². The van der Waals surface area contributed by atoms with E-state index in [2.05, 4.69) is 16.6 Å². The molecule has 0 aliphatic rings. The Morgan fingerprint density at radius 2 is 1.70 bits per heavy atom. The Hall–Kier alpha value is -3.04. The first kappa shape index (κ1) is 26.2. The van der Waals surface area contributed by atoms with Crippen molar-refractivity contribution in [1.82, 2.24) is 14.9 Å². The summed E-state index contributed by atoms with van der Waals surface area (Å²) >= 11 is 0. The molecule has 0 aromatic heterocycles. The number of rotatable bonds is 12. The average molecular weight is 476 g/mol. The number of hydrogen-bond donors (Lipinski definition) is 2. The van der Waals surface area contributed by atoms with E-state index in [1.54, 1.807) is 44.2 Å². The SMILES string of the molecule is C=CCNC(=O)[C@@H](C)N(Cc1ccc(F)cc1)C(=O)CCc1ccc(S(=O)(=O)NCC)cc1. The van der Waals surface area contributed by atoms with Crippen molar-refractivity contribution in [3.63, 3.8) is 0 Å². The molecule has 0 aliphatic heterocycles. The van der Waals surface area contributed by atoms with Gasteiger partial charge in [0.1, 0.15) is 11.9 Å². The molecule has 2 rings (SSSR count). The van der Waals surface area contributed by atoms with Crippen LogP contribution in [0.5, 0.6) is 0 Å². The van der Waals surface area contributed by atoms with Crippen LogP contribution < -0.4 is 10.0 Å². The van der Waals surface area contributed by atoms with E-state index >= 15 is 0 Å². The van der Waals surface area contributed by atoms with E-state index in [1.807, 2.05) is 0 Å². The molecular formula is C24H30FN3O4S. The second-order valence-electron chi connectivity index (χ2n) is 7.50. The van der Waals surface area contributed by atoms with Crippen molar-refractivity contribution < 1.29 is 22.4 Å². The van der Waals surface area contributed by atoms with E-state index in [-0.39, 0.29) is 42.0 Å². The second kappa shape index (κ2) is 12.3. The Bertz CT molecular complexity index is 1050. The van der Waals surface area contributed by atoms with Gasteiger partial charge >= 0.3 is 0 Å². The smallest absolute Gasteiger partial charge is 0.242 e. The zero-order valence-corrected chi connectivity index (χ0v) is 19.7. The fraction of sp³-hybridized carbons (Fsp3) is 0.333. The number of nitrogens with zero attached hydrogens (tertiary/aromatic N) is 1. The number of benzene rings is 2. The third kappa shape index (κ3) is 7.80. The highest BCUT2D eigenvalue weighted by Gasteiger charge is 2.25. The van der Waals surface area contributed by atoms with Gasteiger partial charge in [-0.3, -0.25) is 9.59 Å². The Labute approximate surface area is 194 Å². The van der Waals surface area contributed by atoms with E-state index in [1.165, 1.54) is 29.2 Å². The minimum absolute atomic E-state index is 0.125. The minimum atomic E-state index is -3.54. The molecule has 0 saturated heterocycles. The fourth-order valence-electron chi connectivity index (χ4n) is 3.19. The summed E-state index contributed by atoms with van der Waals surface area (Å²) < 4.78 is 39.8. The van der Waals surface area contributed by atoms with Crippen LogP contribution in [0, 0.1) is 5.82 Å². The maximum atomic E-state index is 13.3. The van der Waals surface area contributed by atoms with E-state index in [4.69, 9.17) is 0 Å². The first-order valence-electron chi connectivity index (χ1n) is 10.7. The molecule has 33 heavy (non-hydrogen) atoms. The molecule has 2 amide bonds. The van der Waals surface area contributed by atoms with Gasteiger partial charge in [0.15, 0.2) is 0 Å². The topological polar surface area (TPSA) is 95.6 Å². The number of sulfonamides is 1. The van der Waals surface area contributed by atoms with Crippen LogP contribution in [0.4, 0.5) is 4.39 Å². The number of aryl methyl sites for hydroxylation is 1. The Morgan fingerprint density at radius 1 is 1.09 bits per heavy atom. The van der Waals surface area contributed by atoms with Gasteiger partial charge in [-0.05, 0) is 48.7 Å². The van der Waals surface area contributed by atoms with E-state index in [9.17, 15) is 22.4 Å². The number of carbonyl (C=O) groups is 2. The standard InChI is InChI=1S/C24H30FN3O4S/c1-4-16-26-24(30)18(3)28(17-20-6-11-21(25)12-7-20)23(29)15-10-19-8-13-22(14-9-19)33(31,32)27-5-2/h4,6-9,11-14,18,27H,1,5,10,15-17H2,2-3H3,(H,26,30)/t18-/m1/s1. The number of amides is 2. The Balaban J connectivity index is 2.12. The number of halogens is 1. The van der Waals surface area contributed by atoms with Crippen LogP contribution in [-0.4, -0.2) is 44.3 Å². The number of carbonyl (C=O) groups excluding carboxylic acids is 2. The molecule has 178 valence electrons. The highest BCUT2D eigenvalue weighted by atomic mass is 32.2. The molecule has 0 unspecified atom stereocenters. The van der Waals surface area contributed by atoms with Crippen LogP contribution in [0.3, 0.4) is 0 Å². The molecule has 2 aromatic rings. The normalized spacial score (nSPS) is 12.1. The lowest BCUT2D eigenvalue weighted by Crippen LogP contribution is -2.47. The average Bonchev–Trinajstić information content (AvgIpc) is 2.80. The highest BCUT2D eigenvalue weighted by molar-refractivity contribution is 7.89. The maximum Gasteiger partial charge on any atom is 0.242 e. The lowest BCUT2D eigenvalue weighted by Gasteiger charge is -2.29. The second-order valence-corrected chi connectivity index (χ2v) is 9.27. The van der Waals surface area contributed by atoms with Crippen LogP contribution in [-0.2, 0) is 32.6 Å². The van der Waals surface area contributed by atoms with Crippen LogP contribution >= 0.6 is 0 Å². The molecule has 0 fully saturated rings. The molecule has 0 radical (unpaired) electrons. The van der Waals surface area contributed by atoms with Crippen LogP contribution in [0.25, 0.3) is 0 Å². The number of nitrogens with one attached hydrogen (secondary N) is 2. The van der Waals surface area contributed by atoms with Crippen molar-refractivity contribution in [2.24, 2.45) is 0 Å². The molecule has 2 N–H and O–H groups in total. The maximum absolute atomic E-state index is 13.3. The lowest BCUT2D eigenvalue weighted by molar-refractivity contribution is -0.140. The molecule has 7 nitrogen and oxygen atoms in total. The molecule has 0 saturated carbocycles. The molecule has 0 bridgehead atoms. The van der Waals surface area contributed by atoms with Crippen molar-refractivity contribution in [2.75, 3.05) is 13.1 Å². The van der Waals surface area contributed by atoms with Crippen molar-refractivity contribution in [3.8, 4) is 0 Å². The summed E-state index contributed by atoms with van der Waals surface area (Å²) in [5.41, 5.74) is 1.50. The van der Waals surface area contributed by atoms with Gasteiger partial charge in [0.05, 0.1) is 4.90 Å². The number of hydrogen-bond acceptors (Lipinski definition) is 4. The van der Waals surface area contributed by atoms with E-state index in [0.29, 0.717) is 18.5 Å². The van der Waals surface area contributed by atoms with Gasteiger partial charge in [0, 0.05) is 26.1 Å². The lowest BCUT2D eigenvalue weighted by atomic mass is 10.1. The largest absolute Gasteiger partial charge is 0.351 e. The predicted molar refractivity (Wildman–Crippen MR) is 125 cm³/mol. The van der Waals surface area contributed by atoms with E-state index in [0.717, 1.165) is 5.56 Å². The summed E-state index contributed by atoms with van der Waals surface area (Å²) in [5, 5.41) is 2.69. The fourth-order valence-corrected chi connectivity index (χ4v) is 4.23. The van der Waals surface area contributed by atoms with Gasteiger partial charge in [-0.15, -0.1) is 6.58 Å². The molecule has 1 atom stereocenters. The zero-order valence-electron chi connectivity index (χ0n) is 18.9. The summed E-state index contributed by atoms with van der Waals surface area (Å²) in [4.78, 5) is 27.2. The summed E-state index contributed by atoms with van der Waals surface area (Å²) in [6, 6.07) is 11.4. The van der Waals surface area contributed by atoms with Crippen molar-refractivity contribution in [3.05, 3.63) is 78.1 Å². The van der Waals surface area contributed by atoms with Crippen molar-refractivity contribution in [1.29, 1.82) is 0 Å². The van der Waals surface area contributed by atoms with Gasteiger partial charge in [-0.25, -0.2) is 17.5 Å². The van der Waals surface area contributed by atoms with Gasteiger partial charge in [0.25, 0.3) is 0 Å². The van der Waals surface area contributed by atoms with Crippen LogP contribution in [0.1, 0.15) is 31.4 Å². The molecule has 0 aliphatic carbocycles. The quantitative estimate of drug-likeness (QED) is 0.462. The summed E-state index contributed by atoms with van der Waals surface area (Å²) in [5.74, 6) is -0.943. The van der Waals surface area contributed by atoms with Gasteiger partial charge < -0.3 is 10.2 Å².